The highest BCUT2D eigenvalue weighted by atomic mass is 32.2. The number of ketones is 1. The smallest absolute Gasteiger partial charge is 0.281 e. The van der Waals surface area contributed by atoms with Gasteiger partial charge in [-0.3, -0.25) is 19.7 Å². The molecule has 0 aliphatic carbocycles. The molecule has 1 N–H and O–H groups in total. The molecule has 1 aliphatic rings. The molecule has 142 valence electrons. The highest BCUT2D eigenvalue weighted by Gasteiger charge is 2.26. The fourth-order valence-corrected chi connectivity index (χ4v) is 3.97. The van der Waals surface area contributed by atoms with E-state index in [0.29, 0.717) is 18.3 Å². The number of carbonyl (C=O) groups is 1. The van der Waals surface area contributed by atoms with Gasteiger partial charge < -0.3 is 0 Å². The van der Waals surface area contributed by atoms with E-state index in [1.54, 1.807) is 24.2 Å². The Labute approximate surface area is 161 Å². The zero-order chi connectivity index (χ0) is 20.3. The van der Waals surface area contributed by atoms with Crippen molar-refractivity contribution in [3.63, 3.8) is 0 Å². The summed E-state index contributed by atoms with van der Waals surface area (Å²) in [5.41, 5.74) is 0.569. The van der Waals surface area contributed by atoms with Gasteiger partial charge in [-0.1, -0.05) is 41.3 Å². The van der Waals surface area contributed by atoms with Crippen LogP contribution < -0.4 is 4.89 Å². The van der Waals surface area contributed by atoms with Gasteiger partial charge in [0.15, 0.2) is 13.1 Å². The SMILES string of the molecule is CONS(=O)(=O)c1ccccc1-c1ccc(C(=O)C2=CC=CB2)c([N+](=O)[O-])c1. The molecule has 2 aromatic rings. The Kier molecular flexibility index (Phi) is 5.54. The van der Waals surface area contributed by atoms with Gasteiger partial charge in [-0.2, -0.15) is 0 Å². The first-order valence-electron chi connectivity index (χ1n) is 8.18. The van der Waals surface area contributed by atoms with Gasteiger partial charge in [0, 0.05) is 11.6 Å². The zero-order valence-electron chi connectivity index (χ0n) is 14.8. The van der Waals surface area contributed by atoms with Crippen molar-refractivity contribution in [2.75, 3.05) is 7.11 Å². The Bertz CT molecular complexity index is 1120. The monoisotopic (exact) mass is 398 g/mol. The number of benzene rings is 2. The second-order valence-electron chi connectivity index (χ2n) is 5.93. The lowest BCUT2D eigenvalue weighted by molar-refractivity contribution is -0.385. The minimum atomic E-state index is -3.99. The summed E-state index contributed by atoms with van der Waals surface area (Å²) < 4.78 is 24.7. The molecule has 0 spiro atoms. The van der Waals surface area contributed by atoms with Crippen LogP contribution in [0.15, 0.2) is 71.0 Å². The van der Waals surface area contributed by atoms with Crippen LogP contribution in [0.4, 0.5) is 5.69 Å². The summed E-state index contributed by atoms with van der Waals surface area (Å²) in [6, 6.07) is 10.1. The maximum Gasteiger partial charge on any atom is 0.281 e. The van der Waals surface area contributed by atoms with Crippen LogP contribution in [0.1, 0.15) is 10.4 Å². The van der Waals surface area contributed by atoms with Gasteiger partial charge in [-0.15, -0.1) is 5.98 Å². The number of rotatable bonds is 7. The molecule has 3 rings (SSSR count). The van der Waals surface area contributed by atoms with Crippen molar-refractivity contribution in [3.8, 4) is 11.1 Å². The molecule has 10 heteroatoms. The molecule has 0 saturated heterocycles. The maximum atomic E-state index is 12.6. The number of nitrogens with zero attached hydrogens (tertiary/aromatic N) is 1. The van der Waals surface area contributed by atoms with E-state index in [1.807, 2.05) is 4.89 Å². The van der Waals surface area contributed by atoms with E-state index in [2.05, 4.69) is 4.84 Å². The molecule has 0 bridgehead atoms. The Balaban J connectivity index is 2.12. The van der Waals surface area contributed by atoms with E-state index in [4.69, 9.17) is 0 Å². The summed E-state index contributed by atoms with van der Waals surface area (Å²) in [6.07, 6.45) is 3.34. The third kappa shape index (κ3) is 3.79. The molecule has 1 aliphatic heterocycles. The van der Waals surface area contributed by atoms with Crippen LogP contribution in [-0.2, 0) is 14.9 Å². The normalized spacial score (nSPS) is 13.1. The number of sulfonamides is 1. The molecule has 28 heavy (non-hydrogen) atoms. The fraction of sp³-hybridized carbons (Fsp3) is 0.0556. The van der Waals surface area contributed by atoms with Crippen LogP contribution in [0.3, 0.4) is 0 Å². The number of hydrogen-bond donors (Lipinski definition) is 1. The van der Waals surface area contributed by atoms with Crippen molar-refractivity contribution >= 4 is 28.8 Å². The summed E-state index contributed by atoms with van der Waals surface area (Å²) in [4.78, 5) is 29.9. The average Bonchev–Trinajstić information content (AvgIpc) is 3.21. The molecule has 0 unspecified atom stereocenters. The lowest BCUT2D eigenvalue weighted by atomic mass is 9.70. The molecular formula is C18H15BN2O6S. The predicted octanol–water partition coefficient (Wildman–Crippen LogP) is 2.13. The molecule has 2 aromatic carbocycles. The molecule has 0 atom stereocenters. The maximum absolute atomic E-state index is 12.6. The number of nitro groups is 1. The largest absolute Gasteiger partial charge is 0.290 e. The second-order valence-corrected chi connectivity index (χ2v) is 7.54. The van der Waals surface area contributed by atoms with E-state index in [0.717, 1.165) is 7.11 Å². The minimum absolute atomic E-state index is 0.0425. The van der Waals surface area contributed by atoms with Crippen molar-refractivity contribution < 1.29 is 23.0 Å². The van der Waals surface area contributed by atoms with Gasteiger partial charge in [0.05, 0.1) is 22.5 Å². The Morgan fingerprint density at radius 3 is 2.61 bits per heavy atom. The van der Waals surface area contributed by atoms with Gasteiger partial charge in [0.25, 0.3) is 15.7 Å². The molecule has 1 heterocycles. The van der Waals surface area contributed by atoms with Gasteiger partial charge in [0.1, 0.15) is 0 Å². The van der Waals surface area contributed by atoms with Gasteiger partial charge in [-0.25, -0.2) is 8.42 Å². The van der Waals surface area contributed by atoms with Crippen molar-refractivity contribution in [3.05, 3.63) is 81.7 Å². The molecule has 8 nitrogen and oxygen atoms in total. The van der Waals surface area contributed by atoms with Gasteiger partial charge in [0.2, 0.25) is 0 Å². The van der Waals surface area contributed by atoms with Crippen LogP contribution >= 0.6 is 0 Å². The van der Waals surface area contributed by atoms with E-state index in [-0.39, 0.29) is 21.7 Å². The highest BCUT2D eigenvalue weighted by molar-refractivity contribution is 7.89. The van der Waals surface area contributed by atoms with Crippen LogP contribution in [0.5, 0.6) is 0 Å². The first-order valence-corrected chi connectivity index (χ1v) is 9.66. The molecule has 0 radical (unpaired) electrons. The number of carbonyl (C=O) groups excluding carboxylic acids is 1. The average molecular weight is 398 g/mol. The quantitative estimate of drug-likeness (QED) is 0.331. The number of nitro benzene ring substituents is 1. The summed E-state index contributed by atoms with van der Waals surface area (Å²) in [7, 11) is -2.41. The predicted molar refractivity (Wildman–Crippen MR) is 105 cm³/mol. The topological polar surface area (TPSA) is 116 Å². The van der Waals surface area contributed by atoms with Crippen LogP contribution in [-0.4, -0.2) is 33.5 Å². The van der Waals surface area contributed by atoms with Crippen molar-refractivity contribution in [1.29, 1.82) is 0 Å². The van der Waals surface area contributed by atoms with Crippen molar-refractivity contribution in [2.45, 2.75) is 4.90 Å². The molecule has 0 aromatic heterocycles. The van der Waals surface area contributed by atoms with E-state index in [1.165, 1.54) is 36.4 Å². The first-order chi connectivity index (χ1) is 13.3. The van der Waals surface area contributed by atoms with Gasteiger partial charge >= 0.3 is 0 Å². The van der Waals surface area contributed by atoms with Crippen LogP contribution in [0.2, 0.25) is 0 Å². The Hall–Kier alpha value is -3.08. The Morgan fingerprint density at radius 1 is 1.21 bits per heavy atom. The molecular weight excluding hydrogens is 383 g/mol. The lowest BCUT2D eigenvalue weighted by Crippen LogP contribution is -2.22. The number of Topliss-reactive ketones (excluding diaryl/α,β-unsaturated/α-hetero) is 1. The summed E-state index contributed by atoms with van der Waals surface area (Å²) >= 11 is 0. The first kappa shape index (κ1) is 19.7. The van der Waals surface area contributed by atoms with Crippen LogP contribution in [0, 0.1) is 10.1 Å². The summed E-state index contributed by atoms with van der Waals surface area (Å²) in [5.74, 6) is 1.36. The van der Waals surface area contributed by atoms with Gasteiger partial charge in [-0.05, 0) is 23.2 Å². The lowest BCUT2D eigenvalue weighted by Gasteiger charge is -2.11. The Morgan fingerprint density at radius 2 is 1.96 bits per heavy atom. The fourth-order valence-electron chi connectivity index (χ4n) is 2.92. The third-order valence-electron chi connectivity index (χ3n) is 4.18. The van der Waals surface area contributed by atoms with E-state index < -0.39 is 20.7 Å². The van der Waals surface area contributed by atoms with Crippen molar-refractivity contribution in [2.24, 2.45) is 0 Å². The minimum Gasteiger partial charge on any atom is -0.290 e. The van der Waals surface area contributed by atoms with E-state index >= 15 is 0 Å². The summed E-state index contributed by atoms with van der Waals surface area (Å²) in [6.45, 7) is 0. The number of hydrogen-bond acceptors (Lipinski definition) is 6. The van der Waals surface area contributed by atoms with E-state index in [9.17, 15) is 23.3 Å². The number of nitrogens with one attached hydrogen (secondary N) is 1. The highest BCUT2D eigenvalue weighted by Crippen LogP contribution is 2.32. The zero-order valence-corrected chi connectivity index (χ0v) is 15.6. The molecule has 0 amide bonds. The van der Waals surface area contributed by atoms with Crippen molar-refractivity contribution in [1.82, 2.24) is 4.89 Å². The standard InChI is InChI=1S/C18H15BN2O6S/c1-27-20-28(25,26)17-7-3-2-5-13(17)12-8-9-14(16(11-12)21(23)24)18(22)15-6-4-10-19-15/h2-11,19-20H,1H3. The third-order valence-corrected chi connectivity index (χ3v) is 5.50. The number of allylic oxidation sites excluding steroid dienone is 3. The second kappa shape index (κ2) is 7.89. The molecule has 0 fully saturated rings. The summed E-state index contributed by atoms with van der Waals surface area (Å²) in [5, 5.41) is 11.6. The molecule has 0 saturated carbocycles. The van der Waals surface area contributed by atoms with Crippen LogP contribution in [0.25, 0.3) is 11.1 Å².